The number of aromatic hydroxyl groups is 3. The van der Waals surface area contributed by atoms with Crippen LogP contribution in [-0.4, -0.2) is 97.2 Å². The van der Waals surface area contributed by atoms with E-state index < -0.39 is 46.8 Å². The maximum Gasteiger partial charge on any atom is 0.164 e. The first-order valence-electron chi connectivity index (χ1n) is 30.8. The van der Waals surface area contributed by atoms with Gasteiger partial charge in [0.05, 0.1) is 42.1 Å². The van der Waals surface area contributed by atoms with E-state index >= 15 is 4.79 Å². The highest BCUT2D eigenvalue weighted by molar-refractivity contribution is 8.77. The third-order valence-corrected chi connectivity index (χ3v) is 26.5. The zero-order chi connectivity index (χ0) is 57.9. The summed E-state index contributed by atoms with van der Waals surface area (Å²) in [5.74, 6) is -0.445. The van der Waals surface area contributed by atoms with Crippen molar-refractivity contribution in [2.24, 2.45) is 29.1 Å². The van der Waals surface area contributed by atoms with Crippen LogP contribution in [0.3, 0.4) is 0 Å². The van der Waals surface area contributed by atoms with Gasteiger partial charge in [-0.3, -0.25) is 4.79 Å². The smallest absolute Gasteiger partial charge is 0.164 e. The van der Waals surface area contributed by atoms with E-state index in [-0.39, 0.29) is 58.7 Å². The van der Waals surface area contributed by atoms with Crippen LogP contribution in [-0.2, 0) is 41.4 Å². The Labute approximate surface area is 509 Å². The SMILES string of the molecule is CCc1ccc2cccc3c2c1Cc1c(ccc(O)c1OC)C[C@@H](Cc1cc[nH]c1)[C@H](O)[C@@H]1C(=O)[C@](c2cc(O)c4c(c2)[C@@]25CCCC[C@]2(C=C4)CCCN5)([C@H]2CSSC[C@H]4CCCC[C@@H]4Oc4cc2ccc4O)[C@H](O)C[C@H]1CSS[C@H]3CO. The highest BCUT2D eigenvalue weighted by atomic mass is 33.1. The standard InChI is InChI=1S/C69H80N2O9S4/c1-3-41-14-15-42-11-8-12-50-60(36-72)84-83-38-47-31-61(76)69(54-39-82-81-37-45-10-4-5-13-58(45)80-59-30-44(54)17-18-55(59)73,48-32-53-49(57(75)33-48)20-25-67-22-6-7-24-68(53,67)71-26-9-23-67)66(78)63(47)64(77)46(28-40-21-27-70-35-40)29-43-16-19-56(74)65(79-2)52(43)34-51(41)62(42)50/h8,11-12,14-21,25,27,30,32-33,35,45-47,54,58,60-61,63-64,70-77H,3-7,9-10,13,22-24,26,28-29,31,34,36-39H2,1-2H3/t45-,46-,47+,54+,58+,60+,61-,63-,64+,67-,68+,69-/m1/s1. The van der Waals surface area contributed by atoms with Crippen molar-refractivity contribution in [1.82, 2.24) is 10.3 Å². The third-order valence-electron chi connectivity index (χ3n) is 21.1. The van der Waals surface area contributed by atoms with Gasteiger partial charge in [0.15, 0.2) is 28.8 Å². The lowest BCUT2D eigenvalue weighted by Gasteiger charge is -2.59. The normalized spacial score (nSPS) is 31.7. The van der Waals surface area contributed by atoms with Crippen LogP contribution in [0.25, 0.3) is 16.8 Å². The number of piperidine rings is 1. The van der Waals surface area contributed by atoms with E-state index in [4.69, 9.17) is 9.47 Å². The minimum absolute atomic E-state index is 0.00751. The van der Waals surface area contributed by atoms with E-state index in [2.05, 4.69) is 59.7 Å². The van der Waals surface area contributed by atoms with Gasteiger partial charge in [-0.15, -0.1) is 0 Å². The summed E-state index contributed by atoms with van der Waals surface area (Å²) in [7, 11) is 8.22. The van der Waals surface area contributed by atoms with Crippen molar-refractivity contribution in [3.05, 3.63) is 153 Å². The molecule has 5 aromatic carbocycles. The number of hydrogen-bond donors (Lipinski definition) is 8. The number of carbonyl (C=O) groups is 1. The second-order valence-electron chi connectivity index (χ2n) is 25.3. The summed E-state index contributed by atoms with van der Waals surface area (Å²) >= 11 is 0. The van der Waals surface area contributed by atoms with Crippen molar-refractivity contribution < 1.29 is 44.9 Å². The molecule has 12 atom stereocenters. The molecule has 15 heteroatoms. The number of aromatic amines is 1. The highest BCUT2D eigenvalue weighted by Gasteiger charge is 2.63. The van der Waals surface area contributed by atoms with Crippen molar-refractivity contribution in [3.63, 3.8) is 0 Å². The molecule has 2 bridgehead atoms. The number of H-pyrrole nitrogens is 1. The van der Waals surface area contributed by atoms with Gasteiger partial charge < -0.3 is 50.4 Å². The second-order valence-corrected chi connectivity index (χ2v) is 30.4. The number of aryl methyl sites for hydroxylation is 1. The fraction of sp³-hybridized carbons (Fsp3) is 0.493. The molecule has 8 N–H and O–H groups in total. The first-order chi connectivity index (χ1) is 40.9. The first kappa shape index (κ1) is 58.3. The molecule has 0 amide bonds. The number of phenolic OH excluding ortho intramolecular Hbond substituents is 3. The minimum atomic E-state index is -1.74. The van der Waals surface area contributed by atoms with Crippen molar-refractivity contribution in [2.75, 3.05) is 37.5 Å². The number of aromatic nitrogens is 1. The molecule has 13 rings (SSSR count). The Morgan fingerprint density at radius 3 is 2.48 bits per heavy atom. The number of methoxy groups -OCH3 is 1. The number of phenols is 3. The largest absolute Gasteiger partial charge is 0.507 e. The molecule has 3 saturated carbocycles. The van der Waals surface area contributed by atoms with E-state index in [0.29, 0.717) is 47.8 Å². The molecule has 11 nitrogen and oxygen atoms in total. The maximum absolute atomic E-state index is 17.8. The number of ether oxygens (including phenoxy) is 2. The molecular formula is C69H80N2O9S4. The van der Waals surface area contributed by atoms with Gasteiger partial charge in [0.1, 0.15) is 11.9 Å². The number of aliphatic hydroxyl groups is 3. The average Bonchev–Trinajstić information content (AvgIpc) is 0.795. The van der Waals surface area contributed by atoms with Crippen LogP contribution in [0.4, 0.5) is 0 Å². The third kappa shape index (κ3) is 9.98. The number of aliphatic hydroxyl groups excluding tert-OH is 3. The van der Waals surface area contributed by atoms with Crippen molar-refractivity contribution in [3.8, 4) is 28.7 Å². The lowest BCUT2D eigenvalue weighted by Crippen LogP contribution is -2.63. The van der Waals surface area contributed by atoms with Crippen LogP contribution in [0.15, 0.2) is 97.3 Å². The van der Waals surface area contributed by atoms with Crippen molar-refractivity contribution in [2.45, 2.75) is 144 Å². The van der Waals surface area contributed by atoms with Gasteiger partial charge >= 0.3 is 0 Å². The molecule has 6 aromatic rings. The monoisotopic (exact) mass is 1210 g/mol. The molecule has 1 aromatic heterocycles. The number of hydrogen-bond acceptors (Lipinski definition) is 14. The number of benzene rings is 5. The molecule has 0 unspecified atom stereocenters. The predicted octanol–water partition coefficient (Wildman–Crippen LogP) is 13.4. The summed E-state index contributed by atoms with van der Waals surface area (Å²) in [5, 5.41) is 81.6. The Bertz CT molecular complexity index is 3430. The van der Waals surface area contributed by atoms with Gasteiger partial charge in [0.25, 0.3) is 0 Å². The molecule has 4 fully saturated rings. The molecule has 84 heavy (non-hydrogen) atoms. The lowest BCUT2D eigenvalue weighted by molar-refractivity contribution is -0.150. The predicted molar refractivity (Wildman–Crippen MR) is 342 cm³/mol. The van der Waals surface area contributed by atoms with Crippen LogP contribution < -0.4 is 14.8 Å². The fourth-order valence-electron chi connectivity index (χ4n) is 17.0. The Morgan fingerprint density at radius 2 is 1.64 bits per heavy atom. The first-order valence-corrected chi connectivity index (χ1v) is 35.7. The molecular weight excluding hydrogens is 1130 g/mol. The fourth-order valence-corrected chi connectivity index (χ4v) is 22.7. The zero-order valence-corrected chi connectivity index (χ0v) is 51.5. The number of fused-ring (bicyclic) bond motifs is 6. The Hall–Kier alpha value is -4.71. The van der Waals surface area contributed by atoms with E-state index in [9.17, 15) is 30.6 Å². The summed E-state index contributed by atoms with van der Waals surface area (Å²) in [5.41, 5.74) is 6.40. The maximum atomic E-state index is 17.8. The molecule has 0 spiro atoms. The van der Waals surface area contributed by atoms with Crippen LogP contribution in [0, 0.1) is 29.1 Å². The number of nitrogens with one attached hydrogen (secondary N) is 2. The van der Waals surface area contributed by atoms with Gasteiger partial charge in [0, 0.05) is 70.4 Å². The summed E-state index contributed by atoms with van der Waals surface area (Å²) in [6.45, 7) is 2.82. The Morgan fingerprint density at radius 1 is 0.821 bits per heavy atom. The number of rotatable bonds is 7. The molecule has 4 heterocycles. The van der Waals surface area contributed by atoms with E-state index in [0.717, 1.165) is 144 Å². The van der Waals surface area contributed by atoms with Gasteiger partial charge in [0.2, 0.25) is 0 Å². The Balaban J connectivity index is 1.03. The molecule has 7 aliphatic rings. The van der Waals surface area contributed by atoms with Gasteiger partial charge in [-0.05, 0) is 175 Å². The Kier molecular flexibility index (Phi) is 16.7. The minimum Gasteiger partial charge on any atom is -0.507 e. The second kappa shape index (κ2) is 24.1. The number of ketones is 1. The van der Waals surface area contributed by atoms with Crippen LogP contribution in [0.2, 0.25) is 0 Å². The summed E-state index contributed by atoms with van der Waals surface area (Å²) in [6.07, 6.45) is 17.7. The zero-order valence-electron chi connectivity index (χ0n) is 48.2. The van der Waals surface area contributed by atoms with Crippen LogP contribution in [0.5, 0.6) is 28.7 Å². The molecule has 444 valence electrons. The average molecular weight is 1210 g/mol. The van der Waals surface area contributed by atoms with Crippen LogP contribution in [0.1, 0.15) is 144 Å². The number of Topliss-reactive ketones (excluding diaryl/α,β-unsaturated/α-hetero) is 1. The van der Waals surface area contributed by atoms with Gasteiger partial charge in [-0.2, -0.15) is 0 Å². The number of carbonyl (C=O) groups excluding carboxylic acids is 1. The molecule has 4 aliphatic carbocycles. The highest BCUT2D eigenvalue weighted by Crippen LogP contribution is 2.63. The summed E-state index contributed by atoms with van der Waals surface area (Å²) in [4.78, 5) is 21.0. The molecule has 0 radical (unpaired) electrons. The lowest BCUT2D eigenvalue weighted by atomic mass is 9.50. The van der Waals surface area contributed by atoms with Crippen LogP contribution >= 0.6 is 43.2 Å². The van der Waals surface area contributed by atoms with E-state index in [1.807, 2.05) is 42.7 Å². The van der Waals surface area contributed by atoms with Crippen molar-refractivity contribution >= 4 is 65.8 Å². The van der Waals surface area contributed by atoms with E-state index in [1.165, 1.54) is 0 Å². The molecule has 1 saturated heterocycles. The summed E-state index contributed by atoms with van der Waals surface area (Å²) in [6, 6.07) is 25.7. The summed E-state index contributed by atoms with van der Waals surface area (Å²) < 4.78 is 13.1. The van der Waals surface area contributed by atoms with Crippen molar-refractivity contribution in [1.29, 1.82) is 0 Å². The van der Waals surface area contributed by atoms with Gasteiger partial charge in [-0.1, -0.05) is 130 Å². The van der Waals surface area contributed by atoms with E-state index in [1.54, 1.807) is 68.5 Å². The van der Waals surface area contributed by atoms with Gasteiger partial charge in [-0.25, -0.2) is 0 Å². The topological polar surface area (TPSA) is 185 Å². The molecule has 3 aliphatic heterocycles. The quantitative estimate of drug-likeness (QED) is 0.0706.